The van der Waals surface area contributed by atoms with Gasteiger partial charge >= 0.3 is 17.9 Å². The van der Waals surface area contributed by atoms with Gasteiger partial charge in [-0.25, -0.2) is 0 Å². The van der Waals surface area contributed by atoms with Crippen molar-refractivity contribution in [3.63, 3.8) is 0 Å². The van der Waals surface area contributed by atoms with E-state index < -0.39 is 90.5 Å². The molecule has 0 aromatic heterocycles. The van der Waals surface area contributed by atoms with Crippen molar-refractivity contribution in [3.05, 3.63) is 29.8 Å². The first-order valence-electron chi connectivity index (χ1n) is 12.4. The molecule has 0 spiro atoms. The molecule has 10 N–H and O–H groups in total. The lowest BCUT2D eigenvalue weighted by Crippen LogP contribution is -2.60. The molecular weight excluding hydrogens is 546 g/mol. The molecule has 0 aliphatic heterocycles. The summed E-state index contributed by atoms with van der Waals surface area (Å²) in [4.78, 5) is 84.8. The first kappa shape index (κ1) is 34.3. The number of carbonyl (C=O) groups is 7. The van der Waals surface area contributed by atoms with E-state index in [9.17, 15) is 43.8 Å². The van der Waals surface area contributed by atoms with Gasteiger partial charge in [-0.15, -0.1) is 0 Å². The Labute approximate surface area is 234 Å². The Balaban J connectivity index is 3.25. The monoisotopic (exact) mass is 581 g/mol. The number of carboxylic acids is 3. The minimum atomic E-state index is -1.75. The van der Waals surface area contributed by atoms with Crippen LogP contribution in [0.3, 0.4) is 0 Å². The van der Waals surface area contributed by atoms with Crippen LogP contribution in [0.2, 0.25) is 0 Å². The number of phenolic OH excluding ortho intramolecular Hbond substituents is 1. The van der Waals surface area contributed by atoms with Gasteiger partial charge in [0.2, 0.25) is 23.6 Å². The normalized spacial score (nSPS) is 14.5. The lowest BCUT2D eigenvalue weighted by molar-refractivity contribution is -0.142. The van der Waals surface area contributed by atoms with Crippen molar-refractivity contribution in [2.45, 2.75) is 70.2 Å². The number of nitrogens with one attached hydrogen (secondary N) is 4. The smallest absolute Gasteiger partial charge is 0.325 e. The zero-order valence-electron chi connectivity index (χ0n) is 22.6. The zero-order chi connectivity index (χ0) is 31.4. The van der Waals surface area contributed by atoms with Crippen molar-refractivity contribution >= 4 is 41.5 Å². The van der Waals surface area contributed by atoms with Crippen LogP contribution in [0.4, 0.5) is 0 Å². The second kappa shape index (κ2) is 15.8. The first-order chi connectivity index (χ1) is 19.0. The summed E-state index contributed by atoms with van der Waals surface area (Å²) in [5.74, 6) is -8.75. The lowest BCUT2D eigenvalue weighted by Gasteiger charge is -2.27. The molecule has 5 atom stereocenters. The van der Waals surface area contributed by atoms with Gasteiger partial charge in [-0.1, -0.05) is 26.0 Å². The minimum absolute atomic E-state index is 0.0789. The third kappa shape index (κ3) is 11.9. The number of hydrogen-bond donors (Lipinski definition) is 9. The predicted octanol–water partition coefficient (Wildman–Crippen LogP) is -2.09. The highest BCUT2D eigenvalue weighted by Gasteiger charge is 2.33. The summed E-state index contributed by atoms with van der Waals surface area (Å²) in [6, 6.07) is -1.74. The van der Waals surface area contributed by atoms with Gasteiger partial charge in [0.05, 0.1) is 18.9 Å². The molecule has 5 unspecified atom stereocenters. The van der Waals surface area contributed by atoms with Crippen LogP contribution in [0.15, 0.2) is 24.3 Å². The molecule has 41 heavy (non-hydrogen) atoms. The van der Waals surface area contributed by atoms with Gasteiger partial charge < -0.3 is 47.4 Å². The molecule has 0 saturated heterocycles. The van der Waals surface area contributed by atoms with Crippen molar-refractivity contribution in [2.24, 2.45) is 11.7 Å². The van der Waals surface area contributed by atoms with Crippen molar-refractivity contribution in [2.75, 3.05) is 0 Å². The van der Waals surface area contributed by atoms with Gasteiger partial charge in [-0.05, 0) is 30.5 Å². The largest absolute Gasteiger partial charge is 0.508 e. The van der Waals surface area contributed by atoms with Gasteiger partial charge in [0.15, 0.2) is 0 Å². The van der Waals surface area contributed by atoms with Crippen molar-refractivity contribution in [1.82, 2.24) is 21.3 Å². The molecule has 1 aromatic carbocycles. The van der Waals surface area contributed by atoms with Crippen LogP contribution >= 0.6 is 0 Å². The highest BCUT2D eigenvalue weighted by Crippen LogP contribution is 2.13. The number of amides is 4. The number of carboxylic acid groups (broad SMARTS) is 3. The van der Waals surface area contributed by atoms with E-state index in [1.165, 1.54) is 31.2 Å². The average molecular weight is 582 g/mol. The number of phenols is 1. The van der Waals surface area contributed by atoms with Crippen molar-refractivity contribution in [1.29, 1.82) is 0 Å². The zero-order valence-corrected chi connectivity index (χ0v) is 22.6. The second-order valence-corrected chi connectivity index (χ2v) is 9.59. The van der Waals surface area contributed by atoms with Gasteiger partial charge in [-0.2, -0.15) is 0 Å². The van der Waals surface area contributed by atoms with Gasteiger partial charge in [0, 0.05) is 6.42 Å². The maximum atomic E-state index is 13.3. The number of aliphatic carboxylic acids is 3. The number of nitrogens with two attached hydrogens (primary N) is 1. The standard InChI is InChI=1S/C25H35N5O11/c1-11(2)20(24(39)27-12(3)25(40)41)30-23(38)16(8-13-4-6-14(31)7-5-13)29-22(37)17(10-19(34)35)28-21(36)15(26)9-18(32)33/h4-7,11-12,15-17,20,31H,8-10,26H2,1-3H3,(H,27,39)(H,28,36)(H,29,37)(H,30,38)(H,32,33)(H,34,35)(H,40,41). The van der Waals surface area contributed by atoms with Crippen LogP contribution in [0, 0.1) is 5.92 Å². The maximum Gasteiger partial charge on any atom is 0.325 e. The van der Waals surface area contributed by atoms with E-state index in [1.807, 2.05) is 0 Å². The molecule has 0 aliphatic carbocycles. The number of carbonyl (C=O) groups excluding carboxylic acids is 4. The molecule has 226 valence electrons. The summed E-state index contributed by atoms with van der Waals surface area (Å²) in [5.41, 5.74) is 5.93. The Kier molecular flexibility index (Phi) is 13.2. The molecule has 0 fully saturated rings. The topological polar surface area (TPSA) is 275 Å². The summed E-state index contributed by atoms with van der Waals surface area (Å²) < 4.78 is 0. The molecule has 1 aromatic rings. The van der Waals surface area contributed by atoms with Crippen molar-refractivity contribution < 1.29 is 54.0 Å². The second-order valence-electron chi connectivity index (χ2n) is 9.59. The van der Waals surface area contributed by atoms with E-state index in [2.05, 4.69) is 21.3 Å². The van der Waals surface area contributed by atoms with E-state index in [0.29, 0.717) is 5.56 Å². The van der Waals surface area contributed by atoms with E-state index in [-0.39, 0.29) is 12.2 Å². The van der Waals surface area contributed by atoms with Crippen LogP contribution < -0.4 is 27.0 Å². The van der Waals surface area contributed by atoms with Gasteiger partial charge in [-0.3, -0.25) is 33.6 Å². The average Bonchev–Trinajstić information content (AvgIpc) is 2.86. The Hall–Kier alpha value is -4.73. The van der Waals surface area contributed by atoms with Crippen LogP contribution in [0.1, 0.15) is 39.2 Å². The predicted molar refractivity (Wildman–Crippen MR) is 140 cm³/mol. The lowest BCUT2D eigenvalue weighted by atomic mass is 10.00. The van der Waals surface area contributed by atoms with Crippen LogP contribution in [-0.2, 0) is 40.0 Å². The Morgan fingerprint density at radius 1 is 0.707 bits per heavy atom. The Bertz CT molecular complexity index is 1140. The molecule has 16 heteroatoms. The number of benzene rings is 1. The van der Waals surface area contributed by atoms with E-state index >= 15 is 0 Å². The molecule has 0 bridgehead atoms. The summed E-state index contributed by atoms with van der Waals surface area (Å²) in [6.07, 6.45) is -1.94. The van der Waals surface area contributed by atoms with Gasteiger partial charge in [0.1, 0.15) is 29.9 Å². The fraction of sp³-hybridized carbons (Fsp3) is 0.480. The Morgan fingerprint density at radius 3 is 1.71 bits per heavy atom. The molecule has 0 radical (unpaired) electrons. The summed E-state index contributed by atoms with van der Waals surface area (Å²) in [7, 11) is 0. The summed E-state index contributed by atoms with van der Waals surface area (Å²) in [5, 5.41) is 45.8. The van der Waals surface area contributed by atoms with E-state index in [4.69, 9.17) is 15.9 Å². The fourth-order valence-corrected chi connectivity index (χ4v) is 3.45. The molecule has 0 heterocycles. The number of aromatic hydroxyl groups is 1. The third-order valence-corrected chi connectivity index (χ3v) is 5.73. The maximum absolute atomic E-state index is 13.3. The fourth-order valence-electron chi connectivity index (χ4n) is 3.45. The molecule has 0 saturated carbocycles. The van der Waals surface area contributed by atoms with Crippen molar-refractivity contribution in [3.8, 4) is 5.75 Å². The van der Waals surface area contributed by atoms with Crippen LogP contribution in [0.25, 0.3) is 0 Å². The van der Waals surface area contributed by atoms with E-state index in [0.717, 1.165) is 0 Å². The quantitative estimate of drug-likeness (QED) is 0.102. The number of hydrogen-bond acceptors (Lipinski definition) is 9. The molecule has 4 amide bonds. The van der Waals surface area contributed by atoms with Crippen LogP contribution in [0.5, 0.6) is 5.75 Å². The highest BCUT2D eigenvalue weighted by atomic mass is 16.4. The molecule has 1 rings (SSSR count). The number of rotatable bonds is 16. The highest BCUT2D eigenvalue weighted by molar-refractivity contribution is 5.97. The van der Waals surface area contributed by atoms with Gasteiger partial charge in [0.25, 0.3) is 0 Å². The molecule has 0 aliphatic rings. The Morgan fingerprint density at radius 2 is 1.22 bits per heavy atom. The van der Waals surface area contributed by atoms with Crippen LogP contribution in [-0.4, -0.2) is 92.2 Å². The molecule has 16 nitrogen and oxygen atoms in total. The summed E-state index contributed by atoms with van der Waals surface area (Å²) in [6.45, 7) is 4.40. The summed E-state index contributed by atoms with van der Waals surface area (Å²) >= 11 is 0. The third-order valence-electron chi connectivity index (χ3n) is 5.73. The molecular formula is C25H35N5O11. The SMILES string of the molecule is CC(NC(=O)C(NC(=O)C(Cc1ccc(O)cc1)NC(=O)C(CC(=O)O)NC(=O)C(N)CC(=O)O)C(C)C)C(=O)O. The van der Waals surface area contributed by atoms with E-state index in [1.54, 1.807) is 13.8 Å². The minimum Gasteiger partial charge on any atom is -0.508 e. The first-order valence-corrected chi connectivity index (χ1v) is 12.4.